The molecule has 0 aliphatic carbocycles. The standard InChI is InChI=1S/C20H23NO4.C2H6/c1-15(22)19(12-16-6-4-3-5-7-16)21-20(23)25-14-18-10-8-17(9-11-18)13-24-2;1-2/h3-11,19H,12-14H2,1-2H3,(H,21,23);1-2H3. The minimum atomic E-state index is -0.600. The number of amides is 1. The summed E-state index contributed by atoms with van der Waals surface area (Å²) < 4.78 is 10.3. The van der Waals surface area contributed by atoms with Crippen LogP contribution in [0.25, 0.3) is 0 Å². The minimum Gasteiger partial charge on any atom is -0.445 e. The number of hydrogen-bond acceptors (Lipinski definition) is 4. The van der Waals surface area contributed by atoms with Gasteiger partial charge in [-0.25, -0.2) is 4.79 Å². The Balaban J connectivity index is 0.00000176. The van der Waals surface area contributed by atoms with E-state index in [1.165, 1.54) is 6.92 Å². The van der Waals surface area contributed by atoms with Crippen molar-refractivity contribution in [3.8, 4) is 0 Å². The molecule has 1 unspecified atom stereocenters. The topological polar surface area (TPSA) is 64.6 Å². The van der Waals surface area contributed by atoms with E-state index in [-0.39, 0.29) is 12.4 Å². The van der Waals surface area contributed by atoms with E-state index >= 15 is 0 Å². The second kappa shape index (κ2) is 12.7. The number of carbonyl (C=O) groups is 2. The van der Waals surface area contributed by atoms with Crippen LogP contribution in [0.3, 0.4) is 0 Å². The first kappa shape index (κ1) is 22.4. The number of Topliss-reactive ketones (excluding diaryl/α,β-unsaturated/α-hetero) is 1. The van der Waals surface area contributed by atoms with Gasteiger partial charge in [0.25, 0.3) is 0 Å². The smallest absolute Gasteiger partial charge is 0.408 e. The van der Waals surface area contributed by atoms with Crippen molar-refractivity contribution in [1.82, 2.24) is 5.32 Å². The lowest BCUT2D eigenvalue weighted by Crippen LogP contribution is -2.41. The molecule has 5 nitrogen and oxygen atoms in total. The van der Waals surface area contributed by atoms with Gasteiger partial charge in [-0.15, -0.1) is 0 Å². The average Bonchev–Trinajstić information content (AvgIpc) is 2.69. The van der Waals surface area contributed by atoms with Gasteiger partial charge in [0, 0.05) is 7.11 Å². The molecule has 1 atom stereocenters. The van der Waals surface area contributed by atoms with Crippen molar-refractivity contribution >= 4 is 11.9 Å². The predicted molar refractivity (Wildman–Crippen MR) is 106 cm³/mol. The summed E-state index contributed by atoms with van der Waals surface area (Å²) in [6.07, 6.45) is -0.158. The molecule has 0 saturated carbocycles. The quantitative estimate of drug-likeness (QED) is 0.752. The van der Waals surface area contributed by atoms with Crippen LogP contribution in [0.4, 0.5) is 4.79 Å². The van der Waals surface area contributed by atoms with E-state index in [2.05, 4.69) is 5.32 Å². The van der Waals surface area contributed by atoms with Crippen LogP contribution in [0.1, 0.15) is 37.5 Å². The van der Waals surface area contributed by atoms with Gasteiger partial charge in [-0.1, -0.05) is 68.4 Å². The first-order valence-electron chi connectivity index (χ1n) is 9.13. The van der Waals surface area contributed by atoms with Gasteiger partial charge in [0.1, 0.15) is 6.61 Å². The first-order chi connectivity index (χ1) is 13.1. The molecule has 2 aromatic rings. The van der Waals surface area contributed by atoms with Gasteiger partial charge in [0.05, 0.1) is 12.6 Å². The molecule has 0 heterocycles. The number of hydrogen-bond donors (Lipinski definition) is 1. The van der Waals surface area contributed by atoms with Crippen molar-refractivity contribution in [2.24, 2.45) is 0 Å². The van der Waals surface area contributed by atoms with Gasteiger partial charge < -0.3 is 14.8 Å². The van der Waals surface area contributed by atoms with Crippen LogP contribution in [0.5, 0.6) is 0 Å². The SMILES string of the molecule is CC.COCc1ccc(COC(=O)NC(Cc2ccccc2)C(C)=O)cc1. The number of rotatable bonds is 8. The molecule has 0 bridgehead atoms. The molecule has 0 saturated heterocycles. The number of alkyl carbamates (subject to hydrolysis) is 1. The Morgan fingerprint density at radius 3 is 1.96 bits per heavy atom. The van der Waals surface area contributed by atoms with Gasteiger partial charge in [-0.2, -0.15) is 0 Å². The van der Waals surface area contributed by atoms with Crippen molar-refractivity contribution in [3.05, 3.63) is 71.3 Å². The van der Waals surface area contributed by atoms with Crippen LogP contribution in [-0.2, 0) is 33.9 Å². The largest absolute Gasteiger partial charge is 0.445 e. The lowest BCUT2D eigenvalue weighted by Gasteiger charge is -2.16. The highest BCUT2D eigenvalue weighted by molar-refractivity contribution is 5.85. The Bertz CT molecular complexity index is 683. The third-order valence-electron chi connectivity index (χ3n) is 3.77. The van der Waals surface area contributed by atoms with E-state index in [1.807, 2.05) is 68.4 Å². The number of carbonyl (C=O) groups excluding carboxylic acids is 2. The second-order valence-corrected chi connectivity index (χ2v) is 5.82. The summed E-state index contributed by atoms with van der Waals surface area (Å²) in [7, 11) is 1.64. The Morgan fingerprint density at radius 2 is 1.44 bits per heavy atom. The molecule has 0 aliphatic heterocycles. The van der Waals surface area contributed by atoms with Crippen LogP contribution >= 0.6 is 0 Å². The Morgan fingerprint density at radius 1 is 0.889 bits per heavy atom. The molecule has 0 fully saturated rings. The van der Waals surface area contributed by atoms with E-state index < -0.39 is 12.1 Å². The fourth-order valence-electron chi connectivity index (χ4n) is 2.38. The maximum absolute atomic E-state index is 12.0. The molecule has 146 valence electrons. The average molecular weight is 371 g/mol. The summed E-state index contributed by atoms with van der Waals surface area (Å²) in [5, 5.41) is 2.64. The zero-order valence-corrected chi connectivity index (χ0v) is 16.5. The fraction of sp³-hybridized carbons (Fsp3) is 0.364. The molecule has 0 aliphatic rings. The summed E-state index contributed by atoms with van der Waals surface area (Å²) in [4.78, 5) is 23.8. The van der Waals surface area contributed by atoms with E-state index in [0.29, 0.717) is 13.0 Å². The Labute approximate surface area is 161 Å². The highest BCUT2D eigenvalue weighted by atomic mass is 16.5. The maximum atomic E-state index is 12.0. The number of ketones is 1. The molecule has 0 aromatic heterocycles. The molecule has 1 amide bonds. The molecule has 1 N–H and O–H groups in total. The summed E-state index contributed by atoms with van der Waals surface area (Å²) in [5.41, 5.74) is 2.91. The van der Waals surface area contributed by atoms with Crippen LogP contribution < -0.4 is 5.32 Å². The summed E-state index contributed by atoms with van der Waals surface area (Å²) >= 11 is 0. The number of nitrogens with one attached hydrogen (secondary N) is 1. The Kier molecular flexibility index (Phi) is 10.5. The van der Waals surface area contributed by atoms with Gasteiger partial charge >= 0.3 is 6.09 Å². The molecule has 0 radical (unpaired) electrons. The van der Waals surface area contributed by atoms with Crippen molar-refractivity contribution in [2.75, 3.05) is 7.11 Å². The van der Waals surface area contributed by atoms with Crippen molar-refractivity contribution in [1.29, 1.82) is 0 Å². The number of methoxy groups -OCH3 is 1. The van der Waals surface area contributed by atoms with Crippen molar-refractivity contribution in [2.45, 2.75) is 46.4 Å². The third-order valence-corrected chi connectivity index (χ3v) is 3.77. The van der Waals surface area contributed by atoms with E-state index in [9.17, 15) is 9.59 Å². The van der Waals surface area contributed by atoms with E-state index in [4.69, 9.17) is 9.47 Å². The zero-order valence-electron chi connectivity index (χ0n) is 16.5. The second-order valence-electron chi connectivity index (χ2n) is 5.82. The minimum absolute atomic E-state index is 0.107. The normalized spacial score (nSPS) is 11.0. The van der Waals surface area contributed by atoms with Crippen molar-refractivity contribution in [3.63, 3.8) is 0 Å². The number of benzene rings is 2. The van der Waals surface area contributed by atoms with Crippen LogP contribution in [-0.4, -0.2) is 25.0 Å². The van der Waals surface area contributed by atoms with Crippen LogP contribution in [0.15, 0.2) is 54.6 Å². The zero-order chi connectivity index (χ0) is 20.1. The number of ether oxygens (including phenoxy) is 2. The van der Waals surface area contributed by atoms with E-state index in [1.54, 1.807) is 7.11 Å². The summed E-state index contributed by atoms with van der Waals surface area (Å²) in [6.45, 7) is 6.15. The van der Waals surface area contributed by atoms with Crippen LogP contribution in [0, 0.1) is 0 Å². The first-order valence-corrected chi connectivity index (χ1v) is 9.13. The summed E-state index contributed by atoms with van der Waals surface area (Å²) in [6, 6.07) is 16.6. The molecule has 5 heteroatoms. The van der Waals surface area contributed by atoms with E-state index in [0.717, 1.165) is 16.7 Å². The lowest BCUT2D eigenvalue weighted by atomic mass is 10.0. The molecule has 2 aromatic carbocycles. The lowest BCUT2D eigenvalue weighted by molar-refractivity contribution is -0.118. The fourth-order valence-corrected chi connectivity index (χ4v) is 2.38. The summed E-state index contributed by atoms with van der Waals surface area (Å²) in [5.74, 6) is -0.107. The van der Waals surface area contributed by atoms with Gasteiger partial charge in [-0.05, 0) is 30.0 Å². The van der Waals surface area contributed by atoms with Crippen LogP contribution in [0.2, 0.25) is 0 Å². The van der Waals surface area contributed by atoms with Crippen molar-refractivity contribution < 1.29 is 19.1 Å². The molecular weight excluding hydrogens is 342 g/mol. The predicted octanol–water partition coefficient (Wildman–Crippen LogP) is 4.29. The van der Waals surface area contributed by atoms with Gasteiger partial charge in [-0.3, -0.25) is 4.79 Å². The highest BCUT2D eigenvalue weighted by Gasteiger charge is 2.18. The molecule has 27 heavy (non-hydrogen) atoms. The Hall–Kier alpha value is -2.66. The molecule has 0 spiro atoms. The molecule has 2 rings (SSSR count). The maximum Gasteiger partial charge on any atom is 0.408 e. The monoisotopic (exact) mass is 371 g/mol. The highest BCUT2D eigenvalue weighted by Crippen LogP contribution is 2.08. The van der Waals surface area contributed by atoms with Gasteiger partial charge in [0.15, 0.2) is 5.78 Å². The van der Waals surface area contributed by atoms with Gasteiger partial charge in [0.2, 0.25) is 0 Å². The third kappa shape index (κ3) is 8.51. The molecular formula is C22H29NO4.